The molecule has 2 aliphatic heterocycles. The normalized spacial score (nSPS) is 25.1. The highest BCUT2D eigenvalue weighted by Gasteiger charge is 2.37. The first-order valence-electron chi connectivity index (χ1n) is 8.72. The number of hydrogen-bond acceptors (Lipinski definition) is 5. The maximum Gasteiger partial charge on any atom is 0.238 e. The minimum absolute atomic E-state index is 0.0216. The van der Waals surface area contributed by atoms with Gasteiger partial charge in [0.25, 0.3) is 0 Å². The number of ketones is 1. The van der Waals surface area contributed by atoms with Gasteiger partial charge in [-0.3, -0.25) is 9.59 Å². The quantitative estimate of drug-likeness (QED) is 0.781. The van der Waals surface area contributed by atoms with Crippen LogP contribution in [0.4, 0.5) is 4.39 Å². The van der Waals surface area contributed by atoms with Crippen molar-refractivity contribution in [1.82, 2.24) is 10.2 Å². The summed E-state index contributed by atoms with van der Waals surface area (Å²) < 4.78 is 38.9. The van der Waals surface area contributed by atoms with Crippen LogP contribution in [0.3, 0.4) is 0 Å². The number of benzene rings is 1. The highest BCUT2D eigenvalue weighted by molar-refractivity contribution is 7.92. The van der Waals surface area contributed by atoms with E-state index in [4.69, 9.17) is 0 Å². The molecule has 0 saturated carbocycles. The molecule has 8 heteroatoms. The van der Waals surface area contributed by atoms with E-state index in [1.165, 1.54) is 17.9 Å². The van der Waals surface area contributed by atoms with Gasteiger partial charge in [0.05, 0.1) is 10.5 Å². The van der Waals surface area contributed by atoms with Gasteiger partial charge < -0.3 is 10.2 Å². The molecule has 0 radical (unpaired) electrons. The van der Waals surface area contributed by atoms with Crippen molar-refractivity contribution in [3.05, 3.63) is 29.6 Å². The average molecular weight is 382 g/mol. The number of piperidine rings is 1. The second kappa shape index (κ2) is 7.08. The van der Waals surface area contributed by atoms with Crippen LogP contribution < -0.4 is 5.32 Å². The molecule has 3 rings (SSSR count). The Morgan fingerprint density at radius 3 is 2.38 bits per heavy atom. The van der Waals surface area contributed by atoms with E-state index < -0.39 is 33.1 Å². The molecule has 6 nitrogen and oxygen atoms in total. The van der Waals surface area contributed by atoms with Gasteiger partial charge in [-0.2, -0.15) is 0 Å². The van der Waals surface area contributed by atoms with Crippen molar-refractivity contribution in [2.75, 3.05) is 12.8 Å². The van der Waals surface area contributed by atoms with Crippen LogP contribution in [-0.4, -0.2) is 55.9 Å². The number of amides is 1. The van der Waals surface area contributed by atoms with Crippen molar-refractivity contribution in [2.45, 2.75) is 55.6 Å². The third-order valence-corrected chi connectivity index (χ3v) is 6.98. The summed E-state index contributed by atoms with van der Waals surface area (Å²) in [6, 6.07) is 3.92. The number of Topliss-reactive ketones (excluding diaryl/α,β-unsaturated/α-hetero) is 1. The number of halogens is 1. The molecule has 2 fully saturated rings. The first-order valence-corrected chi connectivity index (χ1v) is 10.4. The fraction of sp³-hybridized carbons (Fsp3) is 0.556. The second-order valence-corrected chi connectivity index (χ2v) is 9.21. The lowest BCUT2D eigenvalue weighted by molar-refractivity contribution is -0.129. The van der Waals surface area contributed by atoms with E-state index in [1.54, 1.807) is 7.05 Å². The number of rotatable bonds is 5. The van der Waals surface area contributed by atoms with Crippen LogP contribution in [0.2, 0.25) is 0 Å². The lowest BCUT2D eigenvalue weighted by Crippen LogP contribution is -2.49. The summed E-state index contributed by atoms with van der Waals surface area (Å²) in [7, 11) is -2.35. The SMILES string of the molecule is CC(=O)c1ccc(S(=O)(=O)CC(=O)N(C)C2CC3CCC(C2)N3)cc1F. The molecule has 2 heterocycles. The van der Waals surface area contributed by atoms with Crippen LogP contribution >= 0.6 is 0 Å². The second-order valence-electron chi connectivity index (χ2n) is 7.22. The predicted molar refractivity (Wildman–Crippen MR) is 94.2 cm³/mol. The number of fused-ring (bicyclic) bond motifs is 2. The highest BCUT2D eigenvalue weighted by atomic mass is 32.2. The zero-order chi connectivity index (χ0) is 19.1. The lowest BCUT2D eigenvalue weighted by Gasteiger charge is -2.35. The van der Waals surface area contributed by atoms with Gasteiger partial charge in [0, 0.05) is 25.2 Å². The van der Waals surface area contributed by atoms with Crippen molar-refractivity contribution in [2.24, 2.45) is 0 Å². The lowest BCUT2D eigenvalue weighted by atomic mass is 9.98. The molecule has 1 aromatic carbocycles. The number of sulfone groups is 1. The van der Waals surface area contributed by atoms with Crippen LogP contribution in [0, 0.1) is 5.82 Å². The van der Waals surface area contributed by atoms with E-state index in [1.807, 2.05) is 0 Å². The predicted octanol–water partition coefficient (Wildman–Crippen LogP) is 1.54. The van der Waals surface area contributed by atoms with Gasteiger partial charge in [-0.15, -0.1) is 0 Å². The smallest absolute Gasteiger partial charge is 0.238 e. The van der Waals surface area contributed by atoms with Gasteiger partial charge in [-0.1, -0.05) is 0 Å². The standard InChI is InChI=1S/C18H23FN2O4S/c1-11(22)16-6-5-15(9-17(16)19)26(24,25)10-18(23)21(2)14-7-12-3-4-13(8-14)20-12/h5-6,9,12-14,20H,3-4,7-8,10H2,1-2H3. The summed E-state index contributed by atoms with van der Waals surface area (Å²) in [6.45, 7) is 1.21. The zero-order valence-corrected chi connectivity index (χ0v) is 15.7. The summed E-state index contributed by atoms with van der Waals surface area (Å²) in [6.07, 6.45) is 3.81. The van der Waals surface area contributed by atoms with Gasteiger partial charge in [0.2, 0.25) is 5.91 Å². The third-order valence-electron chi connectivity index (χ3n) is 5.38. The third kappa shape index (κ3) is 3.81. The van der Waals surface area contributed by atoms with E-state index in [2.05, 4.69) is 5.32 Å². The number of carbonyl (C=O) groups excluding carboxylic acids is 2. The van der Waals surface area contributed by atoms with E-state index in [9.17, 15) is 22.4 Å². The summed E-state index contributed by atoms with van der Waals surface area (Å²) in [4.78, 5) is 25.0. The molecule has 142 valence electrons. The monoisotopic (exact) mass is 382 g/mol. The van der Waals surface area contributed by atoms with Crippen molar-refractivity contribution in [3.63, 3.8) is 0 Å². The first kappa shape index (κ1) is 19.0. The molecule has 2 saturated heterocycles. The van der Waals surface area contributed by atoms with Crippen LogP contribution in [0.5, 0.6) is 0 Å². The maximum atomic E-state index is 13.9. The number of carbonyl (C=O) groups is 2. The summed E-state index contributed by atoms with van der Waals surface area (Å²) >= 11 is 0. The van der Waals surface area contributed by atoms with Crippen molar-refractivity contribution in [1.29, 1.82) is 0 Å². The molecule has 2 aliphatic rings. The summed E-state index contributed by atoms with van der Waals surface area (Å²) in [5, 5.41) is 3.48. The highest BCUT2D eigenvalue weighted by Crippen LogP contribution is 2.29. The summed E-state index contributed by atoms with van der Waals surface area (Å²) in [5.74, 6) is -2.58. The van der Waals surface area contributed by atoms with Gasteiger partial charge in [0.15, 0.2) is 15.6 Å². The fourth-order valence-corrected chi connectivity index (χ4v) is 5.12. The Balaban J connectivity index is 1.71. The molecule has 2 atom stereocenters. The van der Waals surface area contributed by atoms with E-state index in [0.29, 0.717) is 12.1 Å². The molecule has 1 amide bonds. The van der Waals surface area contributed by atoms with Crippen LogP contribution in [0.25, 0.3) is 0 Å². The Morgan fingerprint density at radius 2 is 1.85 bits per heavy atom. The van der Waals surface area contributed by atoms with Gasteiger partial charge >= 0.3 is 0 Å². The zero-order valence-electron chi connectivity index (χ0n) is 14.9. The van der Waals surface area contributed by atoms with E-state index in [-0.39, 0.29) is 16.5 Å². The topological polar surface area (TPSA) is 83.5 Å². The molecular weight excluding hydrogens is 359 g/mol. The van der Waals surface area contributed by atoms with Crippen LogP contribution in [0.15, 0.2) is 23.1 Å². The molecule has 2 unspecified atom stereocenters. The molecule has 1 N–H and O–H groups in total. The fourth-order valence-electron chi connectivity index (χ4n) is 3.87. The molecule has 0 aromatic heterocycles. The van der Waals surface area contributed by atoms with Crippen molar-refractivity contribution in [3.8, 4) is 0 Å². The van der Waals surface area contributed by atoms with Crippen molar-refractivity contribution < 1.29 is 22.4 Å². The minimum atomic E-state index is -3.98. The van der Waals surface area contributed by atoms with Gasteiger partial charge in [-0.25, -0.2) is 12.8 Å². The Morgan fingerprint density at radius 1 is 1.23 bits per heavy atom. The Kier molecular flexibility index (Phi) is 5.16. The molecule has 1 aromatic rings. The Labute approximate surface area is 152 Å². The van der Waals surface area contributed by atoms with E-state index >= 15 is 0 Å². The molecule has 26 heavy (non-hydrogen) atoms. The maximum absolute atomic E-state index is 13.9. The van der Waals surface area contributed by atoms with Gasteiger partial charge in [0.1, 0.15) is 11.6 Å². The van der Waals surface area contributed by atoms with Crippen LogP contribution in [-0.2, 0) is 14.6 Å². The number of nitrogens with one attached hydrogen (secondary N) is 1. The van der Waals surface area contributed by atoms with Crippen LogP contribution in [0.1, 0.15) is 43.0 Å². The average Bonchev–Trinajstić information content (AvgIpc) is 2.91. The molecule has 0 aliphatic carbocycles. The van der Waals surface area contributed by atoms with Gasteiger partial charge in [-0.05, 0) is 50.8 Å². The minimum Gasteiger partial charge on any atom is -0.342 e. The first-order chi connectivity index (χ1) is 12.2. The Hall–Kier alpha value is -1.80. The molecule has 0 spiro atoms. The molecular formula is C18H23FN2O4S. The Bertz CT molecular complexity index is 828. The van der Waals surface area contributed by atoms with E-state index in [0.717, 1.165) is 37.8 Å². The number of hydrogen-bond donors (Lipinski definition) is 1. The molecule has 2 bridgehead atoms. The number of nitrogens with zero attached hydrogens (tertiary/aromatic N) is 1. The summed E-state index contributed by atoms with van der Waals surface area (Å²) in [5.41, 5.74) is -0.169. The largest absolute Gasteiger partial charge is 0.342 e. The van der Waals surface area contributed by atoms with Crippen molar-refractivity contribution >= 4 is 21.5 Å².